The summed E-state index contributed by atoms with van der Waals surface area (Å²) in [6, 6.07) is 6.75. The summed E-state index contributed by atoms with van der Waals surface area (Å²) in [7, 11) is 0. The largest absolute Gasteiger partial charge is 0.353 e. The van der Waals surface area contributed by atoms with E-state index in [0.29, 0.717) is 18.8 Å². The standard InChI is InChI=1S/C18H23N3O3/c1-12(2)17-18(24)19-10-11-21(17)16(23)9-6-14-4-7-15(8-5-14)20-13(3)22/h4-9,12,17H,10-11H2,1-3H3,(H,19,24)(H,20,22)/b9-6+/t17-/m0/s1. The van der Waals surface area contributed by atoms with Crippen LogP contribution < -0.4 is 10.6 Å². The molecule has 0 radical (unpaired) electrons. The Morgan fingerprint density at radius 3 is 2.54 bits per heavy atom. The van der Waals surface area contributed by atoms with Crippen molar-refractivity contribution in [2.45, 2.75) is 26.8 Å². The van der Waals surface area contributed by atoms with Crippen LogP contribution in [-0.4, -0.2) is 41.8 Å². The average Bonchev–Trinajstić information content (AvgIpc) is 2.52. The Balaban J connectivity index is 2.06. The molecule has 0 spiro atoms. The van der Waals surface area contributed by atoms with Gasteiger partial charge >= 0.3 is 0 Å². The van der Waals surface area contributed by atoms with Crippen LogP contribution in [0.4, 0.5) is 5.69 Å². The number of nitrogens with one attached hydrogen (secondary N) is 2. The van der Waals surface area contributed by atoms with Crippen molar-refractivity contribution in [3.05, 3.63) is 35.9 Å². The van der Waals surface area contributed by atoms with E-state index in [0.717, 1.165) is 5.56 Å². The molecule has 1 aromatic rings. The zero-order valence-electron chi connectivity index (χ0n) is 14.2. The first-order valence-electron chi connectivity index (χ1n) is 8.02. The Kier molecular flexibility index (Phi) is 5.73. The Hall–Kier alpha value is -2.63. The number of piperazine rings is 1. The minimum Gasteiger partial charge on any atom is -0.353 e. The van der Waals surface area contributed by atoms with E-state index in [9.17, 15) is 14.4 Å². The molecule has 6 nitrogen and oxygen atoms in total. The quantitative estimate of drug-likeness (QED) is 0.824. The molecule has 1 fully saturated rings. The van der Waals surface area contributed by atoms with Crippen LogP contribution in [0.5, 0.6) is 0 Å². The van der Waals surface area contributed by atoms with Gasteiger partial charge < -0.3 is 15.5 Å². The lowest BCUT2D eigenvalue weighted by atomic mass is 9.99. The summed E-state index contributed by atoms with van der Waals surface area (Å²) in [5.74, 6) is -0.344. The molecule has 1 atom stereocenters. The maximum absolute atomic E-state index is 12.4. The fourth-order valence-corrected chi connectivity index (χ4v) is 2.74. The van der Waals surface area contributed by atoms with E-state index in [1.54, 1.807) is 23.1 Å². The highest BCUT2D eigenvalue weighted by molar-refractivity contribution is 5.96. The third-order valence-electron chi connectivity index (χ3n) is 3.82. The van der Waals surface area contributed by atoms with Crippen LogP contribution in [0.3, 0.4) is 0 Å². The Morgan fingerprint density at radius 2 is 1.96 bits per heavy atom. The summed E-state index contributed by atoms with van der Waals surface area (Å²) < 4.78 is 0. The Morgan fingerprint density at radius 1 is 1.29 bits per heavy atom. The molecule has 1 heterocycles. The van der Waals surface area contributed by atoms with Gasteiger partial charge in [0.15, 0.2) is 0 Å². The van der Waals surface area contributed by atoms with Crippen LogP contribution in [0, 0.1) is 5.92 Å². The highest BCUT2D eigenvalue weighted by atomic mass is 16.2. The van der Waals surface area contributed by atoms with Crippen LogP contribution in [0.15, 0.2) is 30.3 Å². The first-order chi connectivity index (χ1) is 11.4. The second kappa shape index (κ2) is 7.77. The topological polar surface area (TPSA) is 78.5 Å². The fraction of sp³-hybridized carbons (Fsp3) is 0.389. The van der Waals surface area contributed by atoms with E-state index in [2.05, 4.69) is 10.6 Å². The van der Waals surface area contributed by atoms with Crippen molar-refractivity contribution >= 4 is 29.5 Å². The maximum Gasteiger partial charge on any atom is 0.247 e. The number of nitrogens with zero attached hydrogens (tertiary/aromatic N) is 1. The zero-order valence-corrected chi connectivity index (χ0v) is 14.2. The molecule has 1 aliphatic heterocycles. The second-order valence-corrected chi connectivity index (χ2v) is 6.15. The lowest BCUT2D eigenvalue weighted by Crippen LogP contribution is -2.58. The molecular weight excluding hydrogens is 306 g/mol. The van der Waals surface area contributed by atoms with Crippen molar-refractivity contribution in [2.24, 2.45) is 5.92 Å². The molecule has 6 heteroatoms. The molecular formula is C18H23N3O3. The van der Waals surface area contributed by atoms with Crippen molar-refractivity contribution in [3.63, 3.8) is 0 Å². The molecule has 0 aromatic heterocycles. The van der Waals surface area contributed by atoms with Gasteiger partial charge in [0.1, 0.15) is 6.04 Å². The van der Waals surface area contributed by atoms with Crippen molar-refractivity contribution in [2.75, 3.05) is 18.4 Å². The van der Waals surface area contributed by atoms with Gasteiger partial charge in [-0.05, 0) is 29.7 Å². The summed E-state index contributed by atoms with van der Waals surface area (Å²) in [4.78, 5) is 37.0. The summed E-state index contributed by atoms with van der Waals surface area (Å²) in [6.45, 7) is 6.30. The average molecular weight is 329 g/mol. The first-order valence-corrected chi connectivity index (χ1v) is 8.02. The normalized spacial score (nSPS) is 17.9. The minimum absolute atomic E-state index is 0.0552. The number of benzene rings is 1. The minimum atomic E-state index is -0.432. The van der Waals surface area contributed by atoms with Gasteiger partial charge in [-0.25, -0.2) is 0 Å². The van der Waals surface area contributed by atoms with Crippen LogP contribution >= 0.6 is 0 Å². The van der Waals surface area contributed by atoms with Crippen LogP contribution in [-0.2, 0) is 14.4 Å². The molecule has 128 valence electrons. The van der Waals surface area contributed by atoms with Gasteiger partial charge in [0.05, 0.1) is 0 Å². The number of hydrogen-bond donors (Lipinski definition) is 2. The highest BCUT2D eigenvalue weighted by Gasteiger charge is 2.34. The van der Waals surface area contributed by atoms with Gasteiger partial charge in [-0.2, -0.15) is 0 Å². The van der Waals surface area contributed by atoms with E-state index in [4.69, 9.17) is 0 Å². The number of hydrogen-bond acceptors (Lipinski definition) is 3. The lowest BCUT2D eigenvalue weighted by Gasteiger charge is -2.36. The third-order valence-corrected chi connectivity index (χ3v) is 3.82. The number of rotatable bonds is 4. The van der Waals surface area contributed by atoms with Crippen molar-refractivity contribution in [1.82, 2.24) is 10.2 Å². The van der Waals surface area contributed by atoms with E-state index >= 15 is 0 Å². The SMILES string of the molecule is CC(=O)Nc1ccc(/C=C/C(=O)N2CCNC(=O)[C@@H]2C(C)C)cc1. The van der Waals surface area contributed by atoms with E-state index < -0.39 is 6.04 Å². The van der Waals surface area contributed by atoms with Crippen molar-refractivity contribution in [3.8, 4) is 0 Å². The number of amides is 3. The van der Waals surface area contributed by atoms with Crippen molar-refractivity contribution < 1.29 is 14.4 Å². The molecule has 0 aliphatic carbocycles. The van der Waals surface area contributed by atoms with Crippen LogP contribution in [0.2, 0.25) is 0 Å². The van der Waals surface area contributed by atoms with E-state index in [1.165, 1.54) is 13.0 Å². The smallest absolute Gasteiger partial charge is 0.247 e. The second-order valence-electron chi connectivity index (χ2n) is 6.15. The van der Waals surface area contributed by atoms with Gasteiger partial charge in [0.2, 0.25) is 17.7 Å². The number of anilines is 1. The Labute approximate surface area is 141 Å². The molecule has 1 saturated heterocycles. The highest BCUT2D eigenvalue weighted by Crippen LogP contribution is 2.16. The predicted octanol–water partition coefficient (Wildman–Crippen LogP) is 1.64. The zero-order chi connectivity index (χ0) is 17.7. The van der Waals surface area contributed by atoms with Gasteiger partial charge in [0.25, 0.3) is 0 Å². The van der Waals surface area contributed by atoms with Crippen LogP contribution in [0.1, 0.15) is 26.3 Å². The summed E-state index contributed by atoms with van der Waals surface area (Å²) in [5.41, 5.74) is 1.55. The predicted molar refractivity (Wildman–Crippen MR) is 93.1 cm³/mol. The molecule has 1 aromatic carbocycles. The molecule has 0 saturated carbocycles. The molecule has 2 rings (SSSR count). The first kappa shape index (κ1) is 17.7. The third kappa shape index (κ3) is 4.44. The van der Waals surface area contributed by atoms with Gasteiger partial charge in [-0.1, -0.05) is 26.0 Å². The summed E-state index contributed by atoms with van der Waals surface area (Å²) >= 11 is 0. The number of carbonyl (C=O) groups is 3. The molecule has 1 aliphatic rings. The van der Waals surface area contributed by atoms with E-state index in [-0.39, 0.29) is 23.6 Å². The van der Waals surface area contributed by atoms with Crippen molar-refractivity contribution in [1.29, 1.82) is 0 Å². The number of carbonyl (C=O) groups excluding carboxylic acids is 3. The van der Waals surface area contributed by atoms with E-state index in [1.807, 2.05) is 26.0 Å². The Bertz CT molecular complexity index is 650. The fourth-order valence-electron chi connectivity index (χ4n) is 2.74. The summed E-state index contributed by atoms with van der Waals surface area (Å²) in [6.07, 6.45) is 3.20. The van der Waals surface area contributed by atoms with Gasteiger partial charge in [-0.3, -0.25) is 14.4 Å². The van der Waals surface area contributed by atoms with Gasteiger partial charge in [-0.15, -0.1) is 0 Å². The molecule has 2 N–H and O–H groups in total. The maximum atomic E-state index is 12.4. The summed E-state index contributed by atoms with van der Waals surface area (Å²) in [5, 5.41) is 5.49. The molecule has 24 heavy (non-hydrogen) atoms. The molecule has 0 bridgehead atoms. The lowest BCUT2D eigenvalue weighted by molar-refractivity contribution is -0.141. The van der Waals surface area contributed by atoms with Gasteiger partial charge in [0, 0.05) is 31.8 Å². The molecule has 0 unspecified atom stereocenters. The van der Waals surface area contributed by atoms with Crippen LogP contribution in [0.25, 0.3) is 6.08 Å². The monoisotopic (exact) mass is 329 g/mol. The molecule has 3 amide bonds.